The second-order valence-corrected chi connectivity index (χ2v) is 5.10. The molecule has 4 nitrogen and oxygen atoms in total. The van der Waals surface area contributed by atoms with Gasteiger partial charge in [-0.05, 0) is 39.3 Å². The van der Waals surface area contributed by atoms with Crippen LogP contribution in [0.5, 0.6) is 0 Å². The third kappa shape index (κ3) is 4.58. The highest BCUT2D eigenvalue weighted by Gasteiger charge is 2.22. The van der Waals surface area contributed by atoms with Crippen molar-refractivity contribution in [2.24, 2.45) is 0 Å². The third-order valence-corrected chi connectivity index (χ3v) is 4.01. The lowest BCUT2D eigenvalue weighted by Gasteiger charge is -2.30. The zero-order valence-electron chi connectivity index (χ0n) is 12.1. The molecule has 0 saturated carbocycles. The number of carbonyl (C=O) groups excluding carboxylic acids is 1. The summed E-state index contributed by atoms with van der Waals surface area (Å²) in [6, 6.07) is 0.526. The lowest BCUT2D eigenvalue weighted by atomic mass is 10.1. The molecule has 1 fully saturated rings. The lowest BCUT2D eigenvalue weighted by Crippen LogP contribution is -2.41. The number of rotatable bonds is 6. The fraction of sp³-hybridized carbons (Fsp3) is 0.929. The average molecular weight is 256 g/mol. The second kappa shape index (κ2) is 8.48. The molecule has 1 rings (SSSR count). The van der Waals surface area contributed by atoms with Gasteiger partial charge in [-0.15, -0.1) is 0 Å². The van der Waals surface area contributed by atoms with Crippen molar-refractivity contribution in [1.82, 2.24) is 10.2 Å². The Kier molecular flexibility index (Phi) is 7.28. The number of hydrogen-bond donors (Lipinski definition) is 1. The molecule has 0 bridgehead atoms. The number of methoxy groups -OCH3 is 1. The Morgan fingerprint density at radius 2 is 2.22 bits per heavy atom. The highest BCUT2D eigenvalue weighted by Crippen LogP contribution is 2.19. The van der Waals surface area contributed by atoms with Crippen LogP contribution in [0.1, 0.15) is 45.4 Å². The summed E-state index contributed by atoms with van der Waals surface area (Å²) < 4.78 is 4.80. The molecular weight excluding hydrogens is 228 g/mol. The van der Waals surface area contributed by atoms with Gasteiger partial charge in [0.2, 0.25) is 0 Å². The van der Waals surface area contributed by atoms with Gasteiger partial charge in [-0.25, -0.2) is 0 Å². The molecule has 1 saturated heterocycles. The highest BCUT2D eigenvalue weighted by molar-refractivity contribution is 5.75. The molecule has 1 heterocycles. The van der Waals surface area contributed by atoms with Crippen LogP contribution in [0.2, 0.25) is 0 Å². The van der Waals surface area contributed by atoms with Gasteiger partial charge in [-0.3, -0.25) is 4.79 Å². The van der Waals surface area contributed by atoms with E-state index in [9.17, 15) is 4.79 Å². The molecule has 18 heavy (non-hydrogen) atoms. The topological polar surface area (TPSA) is 41.6 Å². The van der Waals surface area contributed by atoms with E-state index in [0.717, 1.165) is 13.0 Å². The summed E-state index contributed by atoms with van der Waals surface area (Å²) >= 11 is 0. The molecule has 0 aromatic carbocycles. The summed E-state index contributed by atoms with van der Waals surface area (Å²) in [5.74, 6) is -0.152. The van der Waals surface area contributed by atoms with E-state index in [0.29, 0.717) is 6.04 Å². The number of likely N-dealkylation sites (N-methyl/N-ethyl adjacent to an activating group) is 1. The van der Waals surface area contributed by atoms with Gasteiger partial charge in [-0.1, -0.05) is 19.8 Å². The predicted molar refractivity (Wildman–Crippen MR) is 73.6 cm³/mol. The maximum atomic E-state index is 11.5. The minimum Gasteiger partial charge on any atom is -0.468 e. The molecule has 1 aliphatic rings. The summed E-state index contributed by atoms with van der Waals surface area (Å²) in [7, 11) is 3.27. The van der Waals surface area contributed by atoms with Crippen LogP contribution in [0.25, 0.3) is 0 Å². The molecule has 2 atom stereocenters. The van der Waals surface area contributed by atoms with Crippen LogP contribution in [-0.2, 0) is 9.53 Å². The van der Waals surface area contributed by atoms with Crippen molar-refractivity contribution < 1.29 is 9.53 Å². The molecule has 106 valence electrons. The van der Waals surface area contributed by atoms with Crippen molar-refractivity contribution in [1.29, 1.82) is 0 Å². The molecule has 1 aliphatic heterocycles. The number of nitrogens with one attached hydrogen (secondary N) is 1. The number of ether oxygens (including phenoxy) is 1. The fourth-order valence-corrected chi connectivity index (χ4v) is 2.81. The average Bonchev–Trinajstić information content (AvgIpc) is 2.63. The van der Waals surface area contributed by atoms with Crippen LogP contribution in [-0.4, -0.2) is 50.2 Å². The SMILES string of the molecule is CCC1CCCCCN1CCC(NC)C(=O)OC. The summed E-state index contributed by atoms with van der Waals surface area (Å²) in [5, 5.41) is 3.04. The van der Waals surface area contributed by atoms with Gasteiger partial charge in [0, 0.05) is 12.6 Å². The molecule has 0 aromatic heterocycles. The van der Waals surface area contributed by atoms with E-state index < -0.39 is 0 Å². The van der Waals surface area contributed by atoms with Gasteiger partial charge in [0.1, 0.15) is 6.04 Å². The summed E-state index contributed by atoms with van der Waals surface area (Å²) in [5.41, 5.74) is 0. The molecule has 0 aromatic rings. The van der Waals surface area contributed by atoms with Gasteiger partial charge in [-0.2, -0.15) is 0 Å². The van der Waals surface area contributed by atoms with Crippen LogP contribution in [0, 0.1) is 0 Å². The van der Waals surface area contributed by atoms with Crippen molar-refractivity contribution in [2.75, 3.05) is 27.2 Å². The maximum Gasteiger partial charge on any atom is 0.322 e. The molecule has 0 aliphatic carbocycles. The molecule has 0 radical (unpaired) electrons. The molecular formula is C14H28N2O2. The number of likely N-dealkylation sites (tertiary alicyclic amines) is 1. The Labute approximate surface area is 111 Å². The predicted octanol–water partition coefficient (Wildman–Crippen LogP) is 1.79. The number of nitrogens with zero attached hydrogens (tertiary/aromatic N) is 1. The molecule has 4 heteroatoms. The molecule has 0 spiro atoms. The molecule has 0 amide bonds. The third-order valence-electron chi connectivity index (χ3n) is 4.01. The number of esters is 1. The van der Waals surface area contributed by atoms with Crippen molar-refractivity contribution in [3.63, 3.8) is 0 Å². The minimum absolute atomic E-state index is 0.152. The van der Waals surface area contributed by atoms with Crippen molar-refractivity contribution >= 4 is 5.97 Å². The van der Waals surface area contributed by atoms with Gasteiger partial charge in [0.05, 0.1) is 7.11 Å². The number of hydrogen-bond acceptors (Lipinski definition) is 4. The van der Waals surface area contributed by atoms with Crippen LogP contribution in [0.3, 0.4) is 0 Å². The Morgan fingerprint density at radius 1 is 1.44 bits per heavy atom. The quantitative estimate of drug-likeness (QED) is 0.736. The zero-order chi connectivity index (χ0) is 13.4. The first-order valence-corrected chi connectivity index (χ1v) is 7.22. The van der Waals surface area contributed by atoms with Gasteiger partial charge in [0.15, 0.2) is 0 Å². The minimum atomic E-state index is -0.171. The first-order valence-electron chi connectivity index (χ1n) is 7.22. The highest BCUT2D eigenvalue weighted by atomic mass is 16.5. The van der Waals surface area contributed by atoms with Gasteiger partial charge >= 0.3 is 5.97 Å². The van der Waals surface area contributed by atoms with Crippen molar-refractivity contribution in [2.45, 2.75) is 57.5 Å². The summed E-state index contributed by atoms with van der Waals surface area (Å²) in [4.78, 5) is 14.1. The van der Waals surface area contributed by atoms with E-state index in [1.165, 1.54) is 45.8 Å². The Bertz CT molecular complexity index is 246. The normalized spacial score (nSPS) is 23.4. The molecule has 1 N–H and O–H groups in total. The Hall–Kier alpha value is -0.610. The summed E-state index contributed by atoms with van der Waals surface area (Å²) in [6.45, 7) is 4.42. The summed E-state index contributed by atoms with van der Waals surface area (Å²) in [6.07, 6.45) is 7.33. The second-order valence-electron chi connectivity index (χ2n) is 5.10. The van der Waals surface area contributed by atoms with E-state index in [4.69, 9.17) is 4.74 Å². The first-order chi connectivity index (χ1) is 8.72. The van der Waals surface area contributed by atoms with Gasteiger partial charge in [0.25, 0.3) is 0 Å². The smallest absolute Gasteiger partial charge is 0.322 e. The van der Waals surface area contributed by atoms with E-state index in [-0.39, 0.29) is 12.0 Å². The van der Waals surface area contributed by atoms with E-state index in [2.05, 4.69) is 17.1 Å². The van der Waals surface area contributed by atoms with E-state index in [1.54, 1.807) is 0 Å². The first kappa shape index (κ1) is 15.4. The monoisotopic (exact) mass is 256 g/mol. The fourth-order valence-electron chi connectivity index (χ4n) is 2.81. The Morgan fingerprint density at radius 3 is 2.83 bits per heavy atom. The lowest BCUT2D eigenvalue weighted by molar-refractivity contribution is -0.143. The molecule has 2 unspecified atom stereocenters. The standard InChI is InChI=1S/C14H28N2O2/c1-4-12-8-6-5-7-10-16(12)11-9-13(15-2)14(17)18-3/h12-13,15H,4-11H2,1-3H3. The van der Waals surface area contributed by atoms with Crippen LogP contribution in [0.4, 0.5) is 0 Å². The number of carbonyl (C=O) groups is 1. The van der Waals surface area contributed by atoms with Crippen LogP contribution < -0.4 is 5.32 Å². The van der Waals surface area contributed by atoms with E-state index in [1.807, 2.05) is 7.05 Å². The van der Waals surface area contributed by atoms with Gasteiger partial charge < -0.3 is 15.0 Å². The van der Waals surface area contributed by atoms with Crippen LogP contribution in [0.15, 0.2) is 0 Å². The van der Waals surface area contributed by atoms with Crippen molar-refractivity contribution in [3.8, 4) is 0 Å². The maximum absolute atomic E-state index is 11.5. The van der Waals surface area contributed by atoms with E-state index >= 15 is 0 Å². The van der Waals surface area contributed by atoms with Crippen molar-refractivity contribution in [3.05, 3.63) is 0 Å². The zero-order valence-corrected chi connectivity index (χ0v) is 12.1. The largest absolute Gasteiger partial charge is 0.468 e. The Balaban J connectivity index is 2.45. The van der Waals surface area contributed by atoms with Crippen LogP contribution >= 0.6 is 0 Å².